The van der Waals surface area contributed by atoms with E-state index < -0.39 is 0 Å². The highest BCUT2D eigenvalue weighted by molar-refractivity contribution is 5.44. The fraction of sp³-hybridized carbons (Fsp3) is 0.362. The fourth-order valence-electron chi connectivity index (χ4n) is 7.58. The van der Waals surface area contributed by atoms with Crippen LogP contribution in [-0.2, 0) is 51.4 Å². The van der Waals surface area contributed by atoms with Gasteiger partial charge in [-0.1, -0.05) is 127 Å². The van der Waals surface area contributed by atoms with Crippen molar-refractivity contribution in [2.24, 2.45) is 0 Å². The van der Waals surface area contributed by atoms with Crippen molar-refractivity contribution in [1.82, 2.24) is 0 Å². The minimum Gasteiger partial charge on any atom is -0.353 e. The Bertz CT molecular complexity index is 1790. The van der Waals surface area contributed by atoms with Crippen molar-refractivity contribution in [3.63, 3.8) is 0 Å². The number of rotatable bonds is 13. The van der Waals surface area contributed by atoms with Crippen molar-refractivity contribution in [3.05, 3.63) is 178 Å². The molecule has 0 N–H and O–H groups in total. The average molecular weight is 681 g/mol. The Labute approximate surface area is 304 Å². The van der Waals surface area contributed by atoms with Gasteiger partial charge in [0.05, 0.1) is 13.2 Å². The number of hydrogen-bond acceptors (Lipinski definition) is 4. The average Bonchev–Trinajstić information content (AvgIpc) is 3.17. The van der Waals surface area contributed by atoms with E-state index in [4.69, 9.17) is 18.9 Å². The molecular formula is C47H52O4. The van der Waals surface area contributed by atoms with Crippen LogP contribution < -0.4 is 0 Å². The molecule has 2 saturated heterocycles. The number of allylic oxidation sites excluding steroid dienone is 6. The number of benzene rings is 4. The van der Waals surface area contributed by atoms with Gasteiger partial charge < -0.3 is 18.9 Å². The largest absolute Gasteiger partial charge is 0.353 e. The lowest BCUT2D eigenvalue weighted by molar-refractivity contribution is -0.169. The van der Waals surface area contributed by atoms with Crippen molar-refractivity contribution in [2.75, 3.05) is 13.2 Å². The first-order valence-electron chi connectivity index (χ1n) is 19.1. The molecule has 4 heteroatoms. The Kier molecular flexibility index (Phi) is 12.8. The summed E-state index contributed by atoms with van der Waals surface area (Å²) in [6.07, 6.45) is 21.5. The quantitative estimate of drug-likeness (QED) is 0.141. The van der Waals surface area contributed by atoms with E-state index in [0.29, 0.717) is 13.2 Å². The predicted molar refractivity (Wildman–Crippen MR) is 206 cm³/mol. The molecule has 0 spiro atoms. The van der Waals surface area contributed by atoms with Gasteiger partial charge in [-0.05, 0) is 114 Å². The van der Waals surface area contributed by atoms with Crippen molar-refractivity contribution in [3.8, 4) is 0 Å². The van der Waals surface area contributed by atoms with Crippen LogP contribution in [0.5, 0.6) is 0 Å². The Hall–Kier alpha value is -4.06. The Morgan fingerprint density at radius 1 is 0.510 bits per heavy atom. The van der Waals surface area contributed by atoms with Crippen molar-refractivity contribution in [1.29, 1.82) is 0 Å². The predicted octanol–water partition coefficient (Wildman–Crippen LogP) is 10.7. The lowest BCUT2D eigenvalue weighted by Gasteiger charge is -2.23. The summed E-state index contributed by atoms with van der Waals surface area (Å²) in [6.45, 7) is 2.75. The van der Waals surface area contributed by atoms with E-state index in [1.54, 1.807) is 0 Å². The summed E-state index contributed by atoms with van der Waals surface area (Å²) < 4.78 is 24.1. The minimum absolute atomic E-state index is 0.0886. The van der Waals surface area contributed by atoms with Gasteiger partial charge in [0.1, 0.15) is 0 Å². The standard InChI is InChI=1S/C47H52O4/c1-2-16-36(30-37-17-4-5-18-38(37)32-39-19-6-8-23-43(39)34-50-46-26-12-14-28-48-46)31-41(21-3-1)45-25-11-10-22-42(45)33-40-20-7-9-24-44(40)35-51-47-27-13-15-29-49-47/h1-11,16-20,22-25,31,41,46-47H,12-15,21,26-30,32-35H2/b3-1+,16-2-,36-31+. The molecule has 2 aliphatic heterocycles. The van der Waals surface area contributed by atoms with Gasteiger partial charge in [-0.15, -0.1) is 0 Å². The van der Waals surface area contributed by atoms with Gasteiger partial charge in [0.2, 0.25) is 0 Å². The molecule has 0 aromatic heterocycles. The lowest BCUT2D eigenvalue weighted by atomic mass is 9.85. The first kappa shape index (κ1) is 35.3. The second-order valence-corrected chi connectivity index (χ2v) is 14.1. The second kappa shape index (κ2) is 18.4. The number of hydrogen-bond donors (Lipinski definition) is 0. The molecule has 1 aliphatic carbocycles. The van der Waals surface area contributed by atoms with Crippen LogP contribution in [0.3, 0.4) is 0 Å². The summed E-state index contributed by atoms with van der Waals surface area (Å²) in [5, 5.41) is 0. The van der Waals surface area contributed by atoms with E-state index >= 15 is 0 Å². The van der Waals surface area contributed by atoms with Gasteiger partial charge >= 0.3 is 0 Å². The highest BCUT2D eigenvalue weighted by Gasteiger charge is 2.19. The van der Waals surface area contributed by atoms with E-state index in [0.717, 1.165) is 64.6 Å². The van der Waals surface area contributed by atoms with Gasteiger partial charge in [-0.25, -0.2) is 0 Å². The molecule has 4 aromatic rings. The van der Waals surface area contributed by atoms with Gasteiger partial charge in [-0.2, -0.15) is 0 Å². The Morgan fingerprint density at radius 3 is 1.57 bits per heavy atom. The molecule has 0 saturated carbocycles. The molecule has 4 nitrogen and oxygen atoms in total. The van der Waals surface area contributed by atoms with Crippen LogP contribution in [0.25, 0.3) is 0 Å². The van der Waals surface area contributed by atoms with E-state index in [-0.39, 0.29) is 18.5 Å². The normalized spacial score (nSPS) is 23.1. The zero-order chi connectivity index (χ0) is 34.5. The monoisotopic (exact) mass is 680 g/mol. The van der Waals surface area contributed by atoms with Gasteiger partial charge in [0, 0.05) is 19.1 Å². The SMILES string of the molecule is C1=C\C(Cc2ccccc2Cc2ccccc2COC2CCCCO2)=C/C(c2ccccc2Cc2ccccc2COC2CCCCO2)C/C=C/1. The highest BCUT2D eigenvalue weighted by atomic mass is 16.7. The first-order valence-corrected chi connectivity index (χ1v) is 19.1. The van der Waals surface area contributed by atoms with Crippen LogP contribution in [0.2, 0.25) is 0 Å². The maximum Gasteiger partial charge on any atom is 0.158 e. The summed E-state index contributed by atoms with van der Waals surface area (Å²) in [4.78, 5) is 0. The summed E-state index contributed by atoms with van der Waals surface area (Å²) in [6, 6.07) is 35.4. The third kappa shape index (κ3) is 10.1. The molecule has 264 valence electrons. The van der Waals surface area contributed by atoms with E-state index in [2.05, 4.69) is 127 Å². The van der Waals surface area contributed by atoms with Crippen molar-refractivity contribution in [2.45, 2.75) is 95.9 Å². The molecule has 3 atom stereocenters. The third-order valence-corrected chi connectivity index (χ3v) is 10.5. The Morgan fingerprint density at radius 2 is 1.00 bits per heavy atom. The zero-order valence-corrected chi connectivity index (χ0v) is 29.9. The summed E-state index contributed by atoms with van der Waals surface area (Å²) >= 11 is 0. The molecule has 2 fully saturated rings. The molecule has 7 rings (SSSR count). The molecule has 4 aromatic carbocycles. The van der Waals surface area contributed by atoms with Gasteiger partial charge in [0.15, 0.2) is 12.6 Å². The minimum atomic E-state index is -0.0901. The summed E-state index contributed by atoms with van der Waals surface area (Å²) in [5.74, 6) is 0.281. The maximum absolute atomic E-state index is 6.23. The van der Waals surface area contributed by atoms with Crippen molar-refractivity contribution >= 4 is 0 Å². The molecular weight excluding hydrogens is 629 g/mol. The van der Waals surface area contributed by atoms with Crippen molar-refractivity contribution < 1.29 is 18.9 Å². The zero-order valence-electron chi connectivity index (χ0n) is 29.9. The summed E-state index contributed by atoms with van der Waals surface area (Å²) in [5.41, 5.74) is 12.0. The van der Waals surface area contributed by atoms with Crippen LogP contribution in [0.15, 0.2) is 133 Å². The third-order valence-electron chi connectivity index (χ3n) is 10.5. The van der Waals surface area contributed by atoms with Crippen LogP contribution in [0.4, 0.5) is 0 Å². The molecule has 0 bridgehead atoms. The van der Waals surface area contributed by atoms with Crippen LogP contribution >= 0.6 is 0 Å². The topological polar surface area (TPSA) is 36.9 Å². The molecule has 0 amide bonds. The molecule has 0 radical (unpaired) electrons. The maximum atomic E-state index is 6.23. The van der Waals surface area contributed by atoms with Gasteiger partial charge in [-0.3, -0.25) is 0 Å². The molecule has 3 unspecified atom stereocenters. The van der Waals surface area contributed by atoms with Crippen LogP contribution in [0, 0.1) is 0 Å². The Balaban J connectivity index is 1.08. The fourth-order valence-corrected chi connectivity index (χ4v) is 7.58. The molecule has 2 heterocycles. The van der Waals surface area contributed by atoms with Crippen LogP contribution in [-0.4, -0.2) is 25.8 Å². The highest BCUT2D eigenvalue weighted by Crippen LogP contribution is 2.32. The molecule has 51 heavy (non-hydrogen) atoms. The van der Waals surface area contributed by atoms with E-state index in [1.807, 2.05) is 0 Å². The van der Waals surface area contributed by atoms with E-state index in [1.165, 1.54) is 62.9 Å². The molecule has 3 aliphatic rings. The second-order valence-electron chi connectivity index (χ2n) is 14.1. The number of ether oxygens (including phenoxy) is 4. The van der Waals surface area contributed by atoms with Crippen LogP contribution in [0.1, 0.15) is 95.4 Å². The first-order chi connectivity index (χ1) is 25.3. The van der Waals surface area contributed by atoms with Gasteiger partial charge in [0.25, 0.3) is 0 Å². The smallest absolute Gasteiger partial charge is 0.158 e. The lowest BCUT2D eigenvalue weighted by Crippen LogP contribution is -2.22. The summed E-state index contributed by atoms with van der Waals surface area (Å²) in [7, 11) is 0. The van der Waals surface area contributed by atoms with E-state index in [9.17, 15) is 0 Å².